The highest BCUT2D eigenvalue weighted by Gasteiger charge is 2.31. The lowest BCUT2D eigenvalue weighted by atomic mass is 10.1. The quantitative estimate of drug-likeness (QED) is 0.559. The summed E-state index contributed by atoms with van der Waals surface area (Å²) in [6.45, 7) is 5.43. The van der Waals surface area contributed by atoms with E-state index in [2.05, 4.69) is 5.43 Å². The molecule has 5 nitrogen and oxygen atoms in total. The molecule has 1 heterocycles. The molecule has 0 aromatic heterocycles. The lowest BCUT2D eigenvalue weighted by Crippen LogP contribution is -2.35. The first-order valence-corrected chi connectivity index (χ1v) is 10.6. The zero-order chi connectivity index (χ0) is 22.8. The van der Waals surface area contributed by atoms with Gasteiger partial charge in [0.2, 0.25) is 0 Å². The topological polar surface area (TPSA) is 61.8 Å². The van der Waals surface area contributed by atoms with Gasteiger partial charge in [0, 0.05) is 22.4 Å². The van der Waals surface area contributed by atoms with Crippen molar-refractivity contribution in [2.24, 2.45) is 0 Å². The number of aliphatic carboxylic acids is 1. The molecule has 0 spiro atoms. The molecular formula is C22H23F3N2O3S. The van der Waals surface area contributed by atoms with Crippen molar-refractivity contribution in [3.8, 4) is 5.75 Å². The molecular weight excluding hydrogens is 429 g/mol. The maximum absolute atomic E-state index is 12.8. The summed E-state index contributed by atoms with van der Waals surface area (Å²) in [7, 11) is 0. The van der Waals surface area contributed by atoms with Gasteiger partial charge in [-0.1, -0.05) is 0 Å². The van der Waals surface area contributed by atoms with Gasteiger partial charge in [-0.3, -0.25) is 5.01 Å². The molecule has 2 aromatic carbocycles. The summed E-state index contributed by atoms with van der Waals surface area (Å²) in [6, 6.07) is 10.7. The van der Waals surface area contributed by atoms with E-state index in [1.54, 1.807) is 17.8 Å². The number of ether oxygens (including phenoxy) is 1. The van der Waals surface area contributed by atoms with Crippen LogP contribution in [-0.4, -0.2) is 29.5 Å². The van der Waals surface area contributed by atoms with Crippen LogP contribution in [0.15, 0.2) is 58.6 Å². The molecule has 1 aliphatic heterocycles. The number of benzene rings is 2. The number of anilines is 1. The van der Waals surface area contributed by atoms with Crippen molar-refractivity contribution in [1.82, 2.24) is 5.43 Å². The average molecular weight is 452 g/mol. The van der Waals surface area contributed by atoms with Crippen LogP contribution >= 0.6 is 11.8 Å². The molecule has 1 aliphatic rings. The minimum absolute atomic E-state index is 0.0362. The van der Waals surface area contributed by atoms with Crippen molar-refractivity contribution < 1.29 is 27.8 Å². The Bertz CT molecular complexity index is 990. The Morgan fingerprint density at radius 3 is 2.45 bits per heavy atom. The van der Waals surface area contributed by atoms with Gasteiger partial charge in [0.25, 0.3) is 0 Å². The molecule has 1 unspecified atom stereocenters. The van der Waals surface area contributed by atoms with Gasteiger partial charge in [-0.05, 0) is 74.4 Å². The molecule has 0 saturated heterocycles. The molecule has 0 radical (unpaired) electrons. The van der Waals surface area contributed by atoms with Crippen LogP contribution in [0.3, 0.4) is 0 Å². The number of hydrogen-bond acceptors (Lipinski definition) is 5. The van der Waals surface area contributed by atoms with Gasteiger partial charge >= 0.3 is 12.1 Å². The van der Waals surface area contributed by atoms with Crippen LogP contribution in [0, 0.1) is 6.92 Å². The van der Waals surface area contributed by atoms with Crippen molar-refractivity contribution in [2.75, 3.05) is 17.4 Å². The number of hydrogen-bond donors (Lipinski definition) is 2. The fraction of sp³-hybridized carbons (Fsp3) is 0.318. The maximum Gasteiger partial charge on any atom is 0.416 e. The second-order valence-electron chi connectivity index (χ2n) is 7.24. The number of thioether (sulfide) groups is 1. The van der Waals surface area contributed by atoms with Crippen LogP contribution in [0.25, 0.3) is 0 Å². The summed E-state index contributed by atoms with van der Waals surface area (Å²) in [6.07, 6.45) is -4.36. The number of carbonyl (C=O) groups is 1. The van der Waals surface area contributed by atoms with E-state index in [-0.39, 0.29) is 12.6 Å². The highest BCUT2D eigenvalue weighted by molar-refractivity contribution is 7.99. The Labute approximate surface area is 182 Å². The number of nitrogens with zero attached hydrogens (tertiary/aromatic N) is 1. The van der Waals surface area contributed by atoms with Crippen LogP contribution < -0.4 is 15.2 Å². The smallest absolute Gasteiger partial charge is 0.416 e. The lowest BCUT2D eigenvalue weighted by Gasteiger charge is -2.22. The summed E-state index contributed by atoms with van der Waals surface area (Å²) in [4.78, 5) is 11.7. The predicted octanol–water partition coefficient (Wildman–Crippen LogP) is 5.26. The van der Waals surface area contributed by atoms with Crippen LogP contribution in [0.4, 0.5) is 18.9 Å². The molecule has 0 saturated carbocycles. The number of carboxylic acids is 1. The fourth-order valence-corrected chi connectivity index (χ4v) is 4.50. The molecule has 3 rings (SSSR count). The van der Waals surface area contributed by atoms with Crippen molar-refractivity contribution in [3.05, 3.63) is 64.9 Å². The number of alkyl halides is 3. The normalized spacial score (nSPS) is 16.7. The van der Waals surface area contributed by atoms with Gasteiger partial charge in [-0.25, -0.2) is 10.2 Å². The fourth-order valence-electron chi connectivity index (χ4n) is 3.30. The van der Waals surface area contributed by atoms with Crippen molar-refractivity contribution >= 4 is 23.4 Å². The molecule has 31 heavy (non-hydrogen) atoms. The van der Waals surface area contributed by atoms with E-state index in [9.17, 15) is 18.0 Å². The van der Waals surface area contributed by atoms with Crippen molar-refractivity contribution in [1.29, 1.82) is 0 Å². The summed E-state index contributed by atoms with van der Waals surface area (Å²) < 4.78 is 43.7. The Morgan fingerprint density at radius 1 is 1.19 bits per heavy atom. The highest BCUT2D eigenvalue weighted by Crippen LogP contribution is 2.34. The minimum atomic E-state index is -4.36. The lowest BCUT2D eigenvalue weighted by molar-refractivity contribution is -0.139. The average Bonchev–Trinajstić information content (AvgIpc) is 2.98. The standard InChI is InChI=1S/C22H23F3N2O3S/c1-13-10-18(8-9-20(13)30-11-21(28)29)31-12-19-14(2)26-27(15(19)3)17-6-4-16(5-7-17)22(23,24)25/h4-10,14,26H,11-12H2,1-3H3,(H,28,29). The van der Waals surface area contributed by atoms with Crippen molar-refractivity contribution in [3.63, 3.8) is 0 Å². The second kappa shape index (κ2) is 9.23. The van der Waals surface area contributed by atoms with Gasteiger partial charge in [-0.15, -0.1) is 11.8 Å². The maximum atomic E-state index is 12.8. The van der Waals surface area contributed by atoms with Crippen LogP contribution in [0.5, 0.6) is 5.75 Å². The first kappa shape index (κ1) is 23.0. The minimum Gasteiger partial charge on any atom is -0.482 e. The first-order chi connectivity index (χ1) is 14.6. The van der Waals surface area contributed by atoms with E-state index >= 15 is 0 Å². The van der Waals surface area contributed by atoms with Crippen molar-refractivity contribution in [2.45, 2.75) is 37.9 Å². The van der Waals surface area contributed by atoms with Gasteiger partial charge in [-0.2, -0.15) is 13.2 Å². The van der Waals surface area contributed by atoms with E-state index < -0.39 is 17.7 Å². The third-order valence-corrected chi connectivity index (χ3v) is 6.03. The third kappa shape index (κ3) is 5.54. The number of allylic oxidation sites excluding steroid dienone is 1. The summed E-state index contributed by atoms with van der Waals surface area (Å²) in [5, 5.41) is 10.5. The van der Waals surface area contributed by atoms with E-state index in [1.807, 2.05) is 37.9 Å². The Balaban J connectivity index is 1.69. The Kier molecular flexibility index (Phi) is 6.86. The van der Waals surface area contributed by atoms with Crippen LogP contribution in [0.2, 0.25) is 0 Å². The number of halogens is 3. The molecule has 0 fully saturated rings. The highest BCUT2D eigenvalue weighted by atomic mass is 32.2. The molecule has 0 aliphatic carbocycles. The molecule has 0 bridgehead atoms. The number of hydrazine groups is 1. The zero-order valence-electron chi connectivity index (χ0n) is 17.3. The first-order valence-electron chi connectivity index (χ1n) is 9.57. The number of rotatable bonds is 7. The molecule has 2 N–H and O–H groups in total. The molecule has 2 aromatic rings. The summed E-state index contributed by atoms with van der Waals surface area (Å²) >= 11 is 1.63. The number of carboxylic acid groups (broad SMARTS) is 1. The zero-order valence-corrected chi connectivity index (χ0v) is 18.1. The van der Waals surface area contributed by atoms with E-state index in [1.165, 1.54) is 12.1 Å². The molecule has 0 amide bonds. The molecule has 9 heteroatoms. The third-order valence-electron chi connectivity index (χ3n) is 4.99. The number of nitrogens with one attached hydrogen (secondary N) is 1. The SMILES string of the molecule is CC1=C(CSc2ccc(OCC(=O)O)c(C)c2)C(C)NN1c1ccc(C(F)(F)F)cc1. The van der Waals surface area contributed by atoms with E-state index in [0.29, 0.717) is 17.2 Å². The predicted molar refractivity (Wildman–Crippen MR) is 114 cm³/mol. The van der Waals surface area contributed by atoms with Gasteiger partial charge in [0.15, 0.2) is 6.61 Å². The Hall–Kier alpha value is -2.65. The van der Waals surface area contributed by atoms with Crippen LogP contribution in [-0.2, 0) is 11.0 Å². The second-order valence-corrected chi connectivity index (χ2v) is 8.29. The molecule has 1 atom stereocenters. The van der Waals surface area contributed by atoms with Crippen LogP contribution in [0.1, 0.15) is 25.0 Å². The van der Waals surface area contributed by atoms with Gasteiger partial charge in [0.1, 0.15) is 5.75 Å². The monoisotopic (exact) mass is 452 g/mol. The van der Waals surface area contributed by atoms with E-state index in [0.717, 1.165) is 33.9 Å². The van der Waals surface area contributed by atoms with E-state index in [4.69, 9.17) is 9.84 Å². The Morgan fingerprint density at radius 2 is 1.87 bits per heavy atom. The number of aryl methyl sites for hydroxylation is 1. The summed E-state index contributed by atoms with van der Waals surface area (Å²) in [5.74, 6) is 0.207. The summed E-state index contributed by atoms with van der Waals surface area (Å²) in [5.41, 5.74) is 6.23. The van der Waals surface area contributed by atoms with Gasteiger partial charge in [0.05, 0.1) is 11.3 Å². The largest absolute Gasteiger partial charge is 0.482 e. The molecule has 166 valence electrons. The van der Waals surface area contributed by atoms with Gasteiger partial charge < -0.3 is 9.84 Å².